The van der Waals surface area contributed by atoms with E-state index in [9.17, 15) is 9.59 Å². The first-order chi connectivity index (χ1) is 16.9. The lowest BCUT2D eigenvalue weighted by Gasteiger charge is -2.37. The molecule has 35 heavy (non-hydrogen) atoms. The normalized spacial score (nSPS) is 14.6. The number of nitrogens with zero attached hydrogens (tertiary/aromatic N) is 5. The molecule has 7 heteroatoms. The SMILES string of the molecule is CC(C)C(=O)N(CC(=O)N1CCN(c2ccc(-c3ccccc3)nn2)CC1)[C@H](C)c1ccccc1. The summed E-state index contributed by atoms with van der Waals surface area (Å²) in [5.41, 5.74) is 2.90. The fraction of sp³-hybridized carbons (Fsp3) is 0.357. The minimum Gasteiger partial charge on any atom is -0.352 e. The first kappa shape index (κ1) is 24.4. The Labute approximate surface area is 207 Å². The van der Waals surface area contributed by atoms with Gasteiger partial charge < -0.3 is 14.7 Å². The molecule has 182 valence electrons. The molecule has 2 heterocycles. The number of hydrogen-bond acceptors (Lipinski definition) is 5. The van der Waals surface area contributed by atoms with Gasteiger partial charge in [0.2, 0.25) is 11.8 Å². The second kappa shape index (κ2) is 11.1. The molecule has 0 saturated carbocycles. The molecule has 1 aromatic heterocycles. The number of anilines is 1. The number of benzene rings is 2. The Morgan fingerprint density at radius 3 is 2.03 bits per heavy atom. The molecule has 0 bridgehead atoms. The summed E-state index contributed by atoms with van der Waals surface area (Å²) in [6, 6.07) is 23.6. The molecule has 7 nitrogen and oxygen atoms in total. The first-order valence-electron chi connectivity index (χ1n) is 12.2. The van der Waals surface area contributed by atoms with Crippen LogP contribution in [0.2, 0.25) is 0 Å². The van der Waals surface area contributed by atoms with Gasteiger partial charge in [0.15, 0.2) is 5.82 Å². The fourth-order valence-corrected chi connectivity index (χ4v) is 4.34. The lowest BCUT2D eigenvalue weighted by Crippen LogP contribution is -2.52. The van der Waals surface area contributed by atoms with Crippen LogP contribution in [0, 0.1) is 5.92 Å². The minimum absolute atomic E-state index is 0.0119. The standard InChI is InChI=1S/C28H33N5O2/c1-21(2)28(35)33(22(3)23-10-6-4-7-11-23)20-27(34)32-18-16-31(17-19-32)26-15-14-25(29-30-26)24-12-8-5-9-13-24/h4-15,21-22H,16-20H2,1-3H3/t22-/m1/s1. The maximum Gasteiger partial charge on any atom is 0.242 e. The van der Waals surface area contributed by atoms with Gasteiger partial charge in [0.1, 0.15) is 6.54 Å². The van der Waals surface area contributed by atoms with Crippen LogP contribution in [0.5, 0.6) is 0 Å². The van der Waals surface area contributed by atoms with Crippen molar-refractivity contribution < 1.29 is 9.59 Å². The van der Waals surface area contributed by atoms with Crippen molar-refractivity contribution >= 4 is 17.6 Å². The number of piperazine rings is 1. The molecule has 2 amide bonds. The van der Waals surface area contributed by atoms with Gasteiger partial charge >= 0.3 is 0 Å². The van der Waals surface area contributed by atoms with E-state index in [0.717, 1.165) is 22.6 Å². The highest BCUT2D eigenvalue weighted by atomic mass is 16.2. The highest BCUT2D eigenvalue weighted by Gasteiger charge is 2.29. The molecule has 0 unspecified atom stereocenters. The zero-order valence-electron chi connectivity index (χ0n) is 20.7. The van der Waals surface area contributed by atoms with Crippen LogP contribution in [0.3, 0.4) is 0 Å². The minimum atomic E-state index is -0.178. The van der Waals surface area contributed by atoms with E-state index in [-0.39, 0.29) is 30.3 Å². The largest absolute Gasteiger partial charge is 0.352 e. The predicted octanol–water partition coefficient (Wildman–Crippen LogP) is 4.04. The summed E-state index contributed by atoms with van der Waals surface area (Å²) in [7, 11) is 0. The molecule has 1 saturated heterocycles. The summed E-state index contributed by atoms with van der Waals surface area (Å²) in [6.07, 6.45) is 0. The maximum absolute atomic E-state index is 13.2. The van der Waals surface area contributed by atoms with E-state index >= 15 is 0 Å². The molecule has 0 N–H and O–H groups in total. The number of amides is 2. The topological polar surface area (TPSA) is 69.6 Å². The van der Waals surface area contributed by atoms with Crippen LogP contribution in [0.25, 0.3) is 11.3 Å². The summed E-state index contributed by atoms with van der Waals surface area (Å²) in [5, 5.41) is 8.80. The van der Waals surface area contributed by atoms with Crippen LogP contribution in [-0.2, 0) is 9.59 Å². The molecule has 0 aliphatic carbocycles. The highest BCUT2D eigenvalue weighted by molar-refractivity contribution is 5.86. The third kappa shape index (κ3) is 5.85. The smallest absolute Gasteiger partial charge is 0.242 e. The highest BCUT2D eigenvalue weighted by Crippen LogP contribution is 2.23. The van der Waals surface area contributed by atoms with Crippen LogP contribution < -0.4 is 4.90 Å². The van der Waals surface area contributed by atoms with Crippen molar-refractivity contribution in [2.45, 2.75) is 26.8 Å². The average molecular weight is 472 g/mol. The Balaban J connectivity index is 1.37. The lowest BCUT2D eigenvalue weighted by atomic mass is 10.0. The van der Waals surface area contributed by atoms with Crippen molar-refractivity contribution in [1.82, 2.24) is 20.0 Å². The van der Waals surface area contributed by atoms with Gasteiger partial charge in [-0.25, -0.2) is 0 Å². The van der Waals surface area contributed by atoms with E-state index in [1.54, 1.807) is 4.90 Å². The average Bonchev–Trinajstić information content (AvgIpc) is 2.92. The number of rotatable bonds is 7. The molecule has 1 aliphatic rings. The molecule has 1 atom stereocenters. The molecular formula is C28H33N5O2. The Morgan fingerprint density at radius 2 is 1.46 bits per heavy atom. The zero-order valence-corrected chi connectivity index (χ0v) is 20.7. The van der Waals surface area contributed by atoms with Crippen LogP contribution in [0.1, 0.15) is 32.4 Å². The van der Waals surface area contributed by atoms with Crippen molar-refractivity contribution in [3.63, 3.8) is 0 Å². The van der Waals surface area contributed by atoms with Crippen LogP contribution in [0.4, 0.5) is 5.82 Å². The molecule has 1 fully saturated rings. The van der Waals surface area contributed by atoms with E-state index in [1.165, 1.54) is 0 Å². The van der Waals surface area contributed by atoms with Crippen molar-refractivity contribution in [2.24, 2.45) is 5.92 Å². The Morgan fingerprint density at radius 1 is 0.829 bits per heavy atom. The Hall–Kier alpha value is -3.74. The van der Waals surface area contributed by atoms with E-state index in [1.807, 2.05) is 98.5 Å². The van der Waals surface area contributed by atoms with Gasteiger partial charge in [-0.1, -0.05) is 74.5 Å². The third-order valence-electron chi connectivity index (χ3n) is 6.51. The van der Waals surface area contributed by atoms with Gasteiger partial charge in [-0.15, -0.1) is 10.2 Å². The van der Waals surface area contributed by atoms with Crippen molar-refractivity contribution in [3.05, 3.63) is 78.4 Å². The quantitative estimate of drug-likeness (QED) is 0.520. The summed E-state index contributed by atoms with van der Waals surface area (Å²) < 4.78 is 0. The van der Waals surface area contributed by atoms with Gasteiger partial charge in [0.25, 0.3) is 0 Å². The third-order valence-corrected chi connectivity index (χ3v) is 6.51. The second-order valence-corrected chi connectivity index (χ2v) is 9.22. The number of aromatic nitrogens is 2. The summed E-state index contributed by atoms with van der Waals surface area (Å²) in [4.78, 5) is 31.9. The Bertz CT molecular complexity index is 1110. The van der Waals surface area contributed by atoms with Crippen molar-refractivity contribution in [3.8, 4) is 11.3 Å². The second-order valence-electron chi connectivity index (χ2n) is 9.22. The molecule has 1 aliphatic heterocycles. The summed E-state index contributed by atoms with van der Waals surface area (Å²) in [5.74, 6) is 0.600. The van der Waals surface area contributed by atoms with E-state index < -0.39 is 0 Å². The molecule has 2 aromatic carbocycles. The van der Waals surface area contributed by atoms with E-state index in [2.05, 4.69) is 15.1 Å². The molecule has 4 rings (SSSR count). The van der Waals surface area contributed by atoms with Crippen LogP contribution >= 0.6 is 0 Å². The monoisotopic (exact) mass is 471 g/mol. The van der Waals surface area contributed by atoms with Crippen molar-refractivity contribution in [2.75, 3.05) is 37.6 Å². The zero-order chi connectivity index (χ0) is 24.8. The number of carbonyl (C=O) groups is 2. The summed E-state index contributed by atoms with van der Waals surface area (Å²) >= 11 is 0. The first-order valence-corrected chi connectivity index (χ1v) is 12.2. The number of carbonyl (C=O) groups excluding carboxylic acids is 2. The van der Waals surface area contributed by atoms with Gasteiger partial charge in [-0.2, -0.15) is 0 Å². The fourth-order valence-electron chi connectivity index (χ4n) is 4.34. The van der Waals surface area contributed by atoms with Gasteiger partial charge in [-0.05, 0) is 24.6 Å². The van der Waals surface area contributed by atoms with E-state index in [4.69, 9.17) is 0 Å². The van der Waals surface area contributed by atoms with Gasteiger partial charge in [-0.3, -0.25) is 9.59 Å². The predicted molar refractivity (Wildman–Crippen MR) is 138 cm³/mol. The van der Waals surface area contributed by atoms with Gasteiger partial charge in [0, 0.05) is 37.7 Å². The van der Waals surface area contributed by atoms with E-state index in [0.29, 0.717) is 26.2 Å². The maximum atomic E-state index is 13.2. The number of hydrogen-bond donors (Lipinski definition) is 0. The summed E-state index contributed by atoms with van der Waals surface area (Å²) in [6.45, 7) is 8.35. The van der Waals surface area contributed by atoms with Crippen LogP contribution in [0.15, 0.2) is 72.8 Å². The van der Waals surface area contributed by atoms with Crippen LogP contribution in [-0.4, -0.2) is 64.5 Å². The lowest BCUT2D eigenvalue weighted by molar-refractivity contribution is -0.144. The molecule has 3 aromatic rings. The van der Waals surface area contributed by atoms with Crippen molar-refractivity contribution in [1.29, 1.82) is 0 Å². The molecular weight excluding hydrogens is 438 g/mol. The van der Waals surface area contributed by atoms with Gasteiger partial charge in [0.05, 0.1) is 11.7 Å². The molecule has 0 spiro atoms. The molecule has 0 radical (unpaired) electrons. The Kier molecular flexibility index (Phi) is 7.75.